The normalized spacial score (nSPS) is 12.5. The van der Waals surface area contributed by atoms with Crippen LogP contribution in [-0.4, -0.2) is 27.4 Å². The van der Waals surface area contributed by atoms with E-state index >= 15 is 0 Å². The topological polar surface area (TPSA) is 66.5 Å². The lowest BCUT2D eigenvalue weighted by molar-refractivity contribution is 0.0939. The first kappa shape index (κ1) is 19.3. The van der Waals surface area contributed by atoms with E-state index in [-0.39, 0.29) is 16.8 Å². The zero-order valence-corrected chi connectivity index (χ0v) is 15.9. The molecule has 0 spiro atoms. The summed E-state index contributed by atoms with van der Waals surface area (Å²) in [5.74, 6) is -0.295. The Kier molecular flexibility index (Phi) is 6.08. The second-order valence-electron chi connectivity index (χ2n) is 5.76. The number of carbonyl (C=O) groups excluding carboxylic acids is 1. The first-order chi connectivity index (χ1) is 11.8. The zero-order valence-electron chi connectivity index (χ0n) is 14.4. The van der Waals surface area contributed by atoms with E-state index in [4.69, 9.17) is 11.6 Å². The average Bonchev–Trinajstić information content (AvgIpc) is 2.60. The highest BCUT2D eigenvalue weighted by molar-refractivity contribution is 7.92. The molecule has 0 aliphatic heterocycles. The third-order valence-corrected chi connectivity index (χ3v) is 5.93. The summed E-state index contributed by atoms with van der Waals surface area (Å²) in [7, 11) is -2.35. The lowest BCUT2D eigenvalue weighted by atomic mass is 10.2. The molecule has 7 heteroatoms. The minimum absolute atomic E-state index is 0.0156. The molecule has 0 radical (unpaired) electrons. The van der Waals surface area contributed by atoms with E-state index in [1.807, 2.05) is 13.8 Å². The predicted octanol–water partition coefficient (Wildman–Crippen LogP) is 3.69. The minimum atomic E-state index is -3.80. The van der Waals surface area contributed by atoms with Gasteiger partial charge in [0.15, 0.2) is 0 Å². The van der Waals surface area contributed by atoms with Gasteiger partial charge in [0.05, 0.1) is 10.6 Å². The smallest absolute Gasteiger partial charge is 0.264 e. The molecule has 1 amide bonds. The van der Waals surface area contributed by atoms with Crippen LogP contribution in [0.4, 0.5) is 5.69 Å². The first-order valence-electron chi connectivity index (χ1n) is 7.91. The summed E-state index contributed by atoms with van der Waals surface area (Å²) in [5.41, 5.74) is 0.753. The van der Waals surface area contributed by atoms with Gasteiger partial charge in [-0.2, -0.15) is 0 Å². The Hall–Kier alpha value is -2.05. The Labute approximate surface area is 153 Å². The second kappa shape index (κ2) is 7.89. The van der Waals surface area contributed by atoms with Crippen molar-refractivity contribution in [2.75, 3.05) is 11.4 Å². The van der Waals surface area contributed by atoms with Crippen molar-refractivity contribution in [3.63, 3.8) is 0 Å². The highest BCUT2D eigenvalue weighted by Crippen LogP contribution is 2.25. The van der Waals surface area contributed by atoms with Gasteiger partial charge >= 0.3 is 0 Å². The summed E-state index contributed by atoms with van der Waals surface area (Å²) >= 11 is 5.94. The number of halogens is 1. The second-order valence-corrected chi connectivity index (χ2v) is 8.17. The summed E-state index contributed by atoms with van der Waals surface area (Å²) in [6.45, 7) is 3.86. The number of hydrogen-bond acceptors (Lipinski definition) is 3. The van der Waals surface area contributed by atoms with E-state index < -0.39 is 10.0 Å². The molecule has 2 rings (SSSR count). The number of nitrogens with one attached hydrogen (secondary N) is 1. The van der Waals surface area contributed by atoms with E-state index in [9.17, 15) is 13.2 Å². The maximum absolute atomic E-state index is 12.8. The molecule has 0 fully saturated rings. The van der Waals surface area contributed by atoms with Crippen molar-refractivity contribution in [1.82, 2.24) is 5.32 Å². The molecular formula is C18H21ClN2O3S. The third-order valence-electron chi connectivity index (χ3n) is 3.92. The lowest BCUT2D eigenvalue weighted by Gasteiger charge is -2.20. The Morgan fingerprint density at radius 2 is 1.88 bits per heavy atom. The predicted molar refractivity (Wildman–Crippen MR) is 101 cm³/mol. The van der Waals surface area contributed by atoms with E-state index in [1.165, 1.54) is 19.2 Å². The van der Waals surface area contributed by atoms with Crippen molar-refractivity contribution < 1.29 is 13.2 Å². The van der Waals surface area contributed by atoms with E-state index in [2.05, 4.69) is 5.32 Å². The quantitative estimate of drug-likeness (QED) is 0.831. The maximum Gasteiger partial charge on any atom is 0.264 e. The largest absolute Gasteiger partial charge is 0.350 e. The molecule has 0 bridgehead atoms. The van der Waals surface area contributed by atoms with E-state index in [0.717, 1.165) is 10.7 Å². The van der Waals surface area contributed by atoms with Gasteiger partial charge in [0.25, 0.3) is 15.9 Å². The van der Waals surface area contributed by atoms with Gasteiger partial charge in [0.1, 0.15) is 0 Å². The van der Waals surface area contributed by atoms with Gasteiger partial charge in [-0.1, -0.05) is 30.7 Å². The number of sulfonamides is 1. The number of anilines is 1. The number of amides is 1. The minimum Gasteiger partial charge on any atom is -0.350 e. The van der Waals surface area contributed by atoms with Crippen LogP contribution < -0.4 is 9.62 Å². The zero-order chi connectivity index (χ0) is 18.6. The van der Waals surface area contributed by atoms with Crippen molar-refractivity contribution in [3.05, 3.63) is 59.1 Å². The van der Waals surface area contributed by atoms with Crippen LogP contribution in [0.3, 0.4) is 0 Å². The monoisotopic (exact) mass is 380 g/mol. The summed E-state index contributed by atoms with van der Waals surface area (Å²) in [6, 6.07) is 12.6. The molecule has 0 aromatic heterocycles. The lowest BCUT2D eigenvalue weighted by Crippen LogP contribution is -2.32. The van der Waals surface area contributed by atoms with Gasteiger partial charge in [-0.25, -0.2) is 8.42 Å². The van der Waals surface area contributed by atoms with Crippen LogP contribution >= 0.6 is 11.6 Å². The van der Waals surface area contributed by atoms with Crippen molar-refractivity contribution in [2.24, 2.45) is 0 Å². The molecule has 134 valence electrons. The Balaban J connectivity index is 2.34. The molecule has 1 N–H and O–H groups in total. The highest BCUT2D eigenvalue weighted by Gasteiger charge is 2.22. The summed E-state index contributed by atoms with van der Waals surface area (Å²) in [4.78, 5) is 12.3. The number of nitrogens with zero attached hydrogens (tertiary/aromatic N) is 1. The van der Waals surface area contributed by atoms with Gasteiger partial charge in [-0.3, -0.25) is 9.10 Å². The van der Waals surface area contributed by atoms with Crippen LogP contribution in [0.2, 0.25) is 5.02 Å². The Morgan fingerprint density at radius 3 is 2.52 bits per heavy atom. The molecule has 2 aromatic carbocycles. The fourth-order valence-corrected chi connectivity index (χ4v) is 3.59. The maximum atomic E-state index is 12.8. The summed E-state index contributed by atoms with van der Waals surface area (Å²) in [5, 5.41) is 3.27. The average molecular weight is 381 g/mol. The van der Waals surface area contributed by atoms with Crippen molar-refractivity contribution in [2.45, 2.75) is 31.2 Å². The van der Waals surface area contributed by atoms with Crippen LogP contribution in [0, 0.1) is 0 Å². The molecule has 0 aliphatic rings. The summed E-state index contributed by atoms with van der Waals surface area (Å²) < 4.78 is 26.8. The van der Waals surface area contributed by atoms with Crippen LogP contribution in [0.15, 0.2) is 53.4 Å². The number of rotatable bonds is 6. The van der Waals surface area contributed by atoms with Crippen LogP contribution in [-0.2, 0) is 10.0 Å². The fraction of sp³-hybridized carbons (Fsp3) is 0.278. The number of carbonyl (C=O) groups is 1. The van der Waals surface area contributed by atoms with Crippen molar-refractivity contribution in [1.29, 1.82) is 0 Å². The molecule has 2 aromatic rings. The molecular weight excluding hydrogens is 360 g/mol. The first-order valence-corrected chi connectivity index (χ1v) is 9.73. The van der Waals surface area contributed by atoms with Crippen molar-refractivity contribution >= 4 is 33.2 Å². The van der Waals surface area contributed by atoms with Crippen LogP contribution in [0.25, 0.3) is 0 Å². The van der Waals surface area contributed by atoms with Crippen LogP contribution in [0.1, 0.15) is 30.6 Å². The third kappa shape index (κ3) is 4.52. The molecule has 0 saturated heterocycles. The summed E-state index contributed by atoms with van der Waals surface area (Å²) in [6.07, 6.45) is 0.793. The molecule has 25 heavy (non-hydrogen) atoms. The molecule has 0 unspecified atom stereocenters. The Bertz CT molecular complexity index is 868. The fourth-order valence-electron chi connectivity index (χ4n) is 2.18. The number of benzene rings is 2. The van der Waals surface area contributed by atoms with Crippen molar-refractivity contribution in [3.8, 4) is 0 Å². The van der Waals surface area contributed by atoms with Gasteiger partial charge in [-0.05, 0) is 49.7 Å². The van der Waals surface area contributed by atoms with Crippen LogP contribution in [0.5, 0.6) is 0 Å². The molecule has 0 aliphatic carbocycles. The van der Waals surface area contributed by atoms with Gasteiger partial charge in [0, 0.05) is 23.7 Å². The molecule has 5 nitrogen and oxygen atoms in total. The highest BCUT2D eigenvalue weighted by atomic mass is 35.5. The SMILES string of the molecule is CC[C@@H](C)NC(=O)c1cccc(S(=O)(=O)N(C)c2cccc(Cl)c2)c1. The van der Waals surface area contributed by atoms with Gasteiger partial charge in [0.2, 0.25) is 0 Å². The molecule has 0 heterocycles. The number of hydrogen-bond donors (Lipinski definition) is 1. The molecule has 1 atom stereocenters. The standard InChI is InChI=1S/C18H21ClN2O3S/c1-4-13(2)20-18(22)14-7-5-10-17(11-14)25(23,24)21(3)16-9-6-8-15(19)12-16/h5-13H,4H2,1-3H3,(H,20,22)/t13-/m1/s1. The molecule has 0 saturated carbocycles. The van der Waals surface area contributed by atoms with E-state index in [0.29, 0.717) is 16.3 Å². The van der Waals surface area contributed by atoms with E-state index in [1.54, 1.807) is 36.4 Å². The van der Waals surface area contributed by atoms with Gasteiger partial charge < -0.3 is 5.32 Å². The Morgan fingerprint density at radius 1 is 1.20 bits per heavy atom. The van der Waals surface area contributed by atoms with Gasteiger partial charge in [-0.15, -0.1) is 0 Å².